The number of aromatic nitrogens is 3. The molecule has 7 nitrogen and oxygen atoms in total. The van der Waals surface area contributed by atoms with Gasteiger partial charge in [-0.2, -0.15) is 0 Å². The second kappa shape index (κ2) is 6.94. The van der Waals surface area contributed by atoms with Crippen LogP contribution in [0.2, 0.25) is 0 Å². The maximum absolute atomic E-state index is 15.5. The van der Waals surface area contributed by atoms with Crippen molar-refractivity contribution >= 4 is 22.0 Å². The number of likely N-dealkylation sites (tertiary alicyclic amines) is 1. The van der Waals surface area contributed by atoms with Gasteiger partial charge in [-0.1, -0.05) is 15.9 Å². The lowest BCUT2D eigenvalue weighted by molar-refractivity contribution is -0.0144. The fourth-order valence-corrected chi connectivity index (χ4v) is 3.03. The predicted molar refractivity (Wildman–Crippen MR) is 95.1 cm³/mol. The summed E-state index contributed by atoms with van der Waals surface area (Å²) >= 11 is 3.34. The van der Waals surface area contributed by atoms with Gasteiger partial charge in [0.05, 0.1) is 6.54 Å². The van der Waals surface area contributed by atoms with Crippen LogP contribution in [0.5, 0.6) is 0 Å². The van der Waals surface area contributed by atoms with Crippen molar-refractivity contribution in [2.75, 3.05) is 13.1 Å². The van der Waals surface area contributed by atoms with Crippen molar-refractivity contribution in [2.24, 2.45) is 0 Å². The number of pyridine rings is 1. The van der Waals surface area contributed by atoms with E-state index in [1.807, 2.05) is 0 Å². The minimum absolute atomic E-state index is 0.132. The summed E-state index contributed by atoms with van der Waals surface area (Å²) in [5.41, 5.74) is -2.11. The number of alkyl halides is 1. The number of amides is 1. The molecule has 1 aliphatic heterocycles. The number of nitrogens with zero attached hydrogens (tertiary/aromatic N) is 4. The fourth-order valence-electron chi connectivity index (χ4n) is 2.70. The zero-order valence-electron chi connectivity index (χ0n) is 14.8. The Morgan fingerprint density at radius 3 is 2.88 bits per heavy atom. The average Bonchev–Trinajstić information content (AvgIpc) is 3.04. The highest BCUT2D eigenvalue weighted by atomic mass is 79.9. The molecule has 0 aromatic carbocycles. The Kier molecular flexibility index (Phi) is 5.01. The lowest BCUT2D eigenvalue weighted by atomic mass is 9.95. The Bertz CT molecular complexity index is 807. The van der Waals surface area contributed by atoms with Gasteiger partial charge in [0, 0.05) is 17.2 Å². The number of carbonyl (C=O) groups excluding carboxylic acids is 1. The Balaban J connectivity index is 1.79. The third-order valence-corrected chi connectivity index (χ3v) is 4.34. The molecule has 0 saturated carbocycles. The smallest absolute Gasteiger partial charge is 0.410 e. The van der Waals surface area contributed by atoms with E-state index in [1.54, 1.807) is 39.1 Å². The molecule has 1 saturated heterocycles. The van der Waals surface area contributed by atoms with Crippen molar-refractivity contribution in [3.63, 3.8) is 0 Å². The van der Waals surface area contributed by atoms with Crippen LogP contribution in [-0.4, -0.2) is 44.9 Å². The van der Waals surface area contributed by atoms with Crippen molar-refractivity contribution in [2.45, 2.75) is 44.9 Å². The molecule has 9 heteroatoms. The van der Waals surface area contributed by atoms with Crippen LogP contribution in [0, 0.1) is 0 Å². The summed E-state index contributed by atoms with van der Waals surface area (Å²) in [6, 6.07) is 3.47. The topological polar surface area (TPSA) is 81.4 Å². The second-order valence-electron chi connectivity index (χ2n) is 7.24. The number of piperidine rings is 1. The van der Waals surface area contributed by atoms with Gasteiger partial charge in [-0.3, -0.25) is 4.98 Å². The number of ether oxygens (including phenoxy) is 1. The summed E-state index contributed by atoms with van der Waals surface area (Å²) < 4.78 is 27.1. The molecule has 140 valence electrons. The number of rotatable bonds is 2. The molecule has 1 unspecified atom stereocenters. The molecule has 26 heavy (non-hydrogen) atoms. The average molecular weight is 427 g/mol. The van der Waals surface area contributed by atoms with E-state index in [1.165, 1.54) is 4.90 Å². The van der Waals surface area contributed by atoms with Crippen molar-refractivity contribution < 1.29 is 18.3 Å². The van der Waals surface area contributed by atoms with E-state index < -0.39 is 17.4 Å². The maximum Gasteiger partial charge on any atom is 0.410 e. The Hall–Kier alpha value is -2.03. The zero-order valence-corrected chi connectivity index (χ0v) is 16.4. The molecule has 0 bridgehead atoms. The maximum atomic E-state index is 15.5. The highest BCUT2D eigenvalue weighted by molar-refractivity contribution is 9.10. The first-order chi connectivity index (χ1) is 12.2. The van der Waals surface area contributed by atoms with Gasteiger partial charge < -0.3 is 14.1 Å². The van der Waals surface area contributed by atoms with Gasteiger partial charge in [0.15, 0.2) is 0 Å². The van der Waals surface area contributed by atoms with Crippen LogP contribution in [0.3, 0.4) is 0 Å². The number of hydrogen-bond acceptors (Lipinski definition) is 6. The van der Waals surface area contributed by atoms with Gasteiger partial charge in [-0.15, -0.1) is 10.2 Å². The summed E-state index contributed by atoms with van der Waals surface area (Å²) in [5.74, 6) is -0.0183. The van der Waals surface area contributed by atoms with Crippen molar-refractivity contribution in [3.05, 3.63) is 28.7 Å². The van der Waals surface area contributed by atoms with Gasteiger partial charge >= 0.3 is 6.09 Å². The van der Waals surface area contributed by atoms with E-state index in [-0.39, 0.29) is 24.7 Å². The molecule has 1 aliphatic rings. The molecule has 0 radical (unpaired) electrons. The fraction of sp³-hybridized carbons (Fsp3) is 0.529. The van der Waals surface area contributed by atoms with Gasteiger partial charge in [-0.05, 0) is 45.7 Å². The number of carbonyl (C=O) groups is 1. The van der Waals surface area contributed by atoms with Crippen molar-refractivity contribution in [3.8, 4) is 11.6 Å². The summed E-state index contributed by atoms with van der Waals surface area (Å²) in [4.78, 5) is 17.7. The van der Waals surface area contributed by atoms with Crippen LogP contribution in [0.25, 0.3) is 11.6 Å². The lowest BCUT2D eigenvalue weighted by Crippen LogP contribution is -2.48. The summed E-state index contributed by atoms with van der Waals surface area (Å²) in [5, 5.41) is 7.76. The first kappa shape index (κ1) is 18.8. The SMILES string of the molecule is CC(C)(C)OC(=O)N1CCCC(F)(c2nnc(-c3cc(Br)ccn3)o2)C1. The van der Waals surface area contributed by atoms with E-state index in [0.717, 1.165) is 4.47 Å². The van der Waals surface area contributed by atoms with Crippen LogP contribution in [0.1, 0.15) is 39.5 Å². The van der Waals surface area contributed by atoms with E-state index in [2.05, 4.69) is 31.1 Å². The second-order valence-corrected chi connectivity index (χ2v) is 8.16. The molecule has 2 aromatic heterocycles. The number of halogens is 2. The quantitative estimate of drug-likeness (QED) is 0.718. The lowest BCUT2D eigenvalue weighted by Gasteiger charge is -2.36. The number of hydrogen-bond donors (Lipinski definition) is 0. The molecule has 3 rings (SSSR count). The van der Waals surface area contributed by atoms with Crippen molar-refractivity contribution in [1.29, 1.82) is 0 Å². The Morgan fingerprint density at radius 2 is 2.19 bits per heavy atom. The van der Waals surface area contributed by atoms with Crippen LogP contribution in [0.4, 0.5) is 9.18 Å². The molecule has 0 aliphatic carbocycles. The molecule has 1 atom stereocenters. The largest absolute Gasteiger partial charge is 0.444 e. The Labute approximate surface area is 159 Å². The highest BCUT2D eigenvalue weighted by Gasteiger charge is 2.44. The molecule has 3 heterocycles. The van der Waals surface area contributed by atoms with Crippen LogP contribution in [-0.2, 0) is 10.4 Å². The minimum Gasteiger partial charge on any atom is -0.444 e. The van der Waals surface area contributed by atoms with Gasteiger partial charge in [-0.25, -0.2) is 9.18 Å². The molecule has 2 aromatic rings. The molecule has 0 N–H and O–H groups in total. The van der Waals surface area contributed by atoms with Gasteiger partial charge in [0.25, 0.3) is 11.8 Å². The van der Waals surface area contributed by atoms with Gasteiger partial charge in [0.2, 0.25) is 5.67 Å². The van der Waals surface area contributed by atoms with E-state index in [0.29, 0.717) is 18.7 Å². The summed E-state index contributed by atoms with van der Waals surface area (Å²) in [7, 11) is 0. The van der Waals surface area contributed by atoms with Crippen LogP contribution in [0.15, 0.2) is 27.2 Å². The molecule has 1 amide bonds. The van der Waals surface area contributed by atoms with E-state index in [4.69, 9.17) is 9.15 Å². The first-order valence-corrected chi connectivity index (χ1v) is 9.08. The van der Waals surface area contributed by atoms with Gasteiger partial charge in [0.1, 0.15) is 11.3 Å². The normalized spacial score (nSPS) is 20.9. The molecule has 0 spiro atoms. The van der Waals surface area contributed by atoms with E-state index >= 15 is 4.39 Å². The third kappa shape index (κ3) is 4.20. The zero-order chi connectivity index (χ0) is 18.9. The van der Waals surface area contributed by atoms with E-state index in [9.17, 15) is 4.79 Å². The third-order valence-electron chi connectivity index (χ3n) is 3.84. The first-order valence-electron chi connectivity index (χ1n) is 8.29. The summed E-state index contributed by atoms with van der Waals surface area (Å²) in [6.07, 6.45) is 1.70. The predicted octanol–water partition coefficient (Wildman–Crippen LogP) is 4.09. The molecule has 1 fully saturated rings. The molecular formula is C17H20BrFN4O3. The van der Waals surface area contributed by atoms with Crippen LogP contribution >= 0.6 is 15.9 Å². The van der Waals surface area contributed by atoms with Crippen molar-refractivity contribution in [1.82, 2.24) is 20.1 Å². The van der Waals surface area contributed by atoms with Crippen LogP contribution < -0.4 is 0 Å². The monoisotopic (exact) mass is 426 g/mol. The standard InChI is InChI=1S/C17H20BrFN4O3/c1-16(2,3)26-15(24)23-8-4-6-17(19,10-23)14-22-21-13(25-14)12-9-11(18)5-7-20-12/h5,7,9H,4,6,8,10H2,1-3H3. The molecular weight excluding hydrogens is 407 g/mol. The summed E-state index contributed by atoms with van der Waals surface area (Å²) in [6.45, 7) is 5.55. The highest BCUT2D eigenvalue weighted by Crippen LogP contribution is 2.36. The minimum atomic E-state index is -1.91. The Morgan fingerprint density at radius 1 is 1.42 bits per heavy atom.